The number of nitrogens with zero attached hydrogens (tertiary/aromatic N) is 4. The van der Waals surface area contributed by atoms with E-state index in [-0.39, 0.29) is 12.0 Å². The maximum atomic E-state index is 13.5. The van der Waals surface area contributed by atoms with Crippen LogP contribution in [0.2, 0.25) is 0 Å². The van der Waals surface area contributed by atoms with E-state index in [2.05, 4.69) is 57.6 Å². The summed E-state index contributed by atoms with van der Waals surface area (Å²) in [4.78, 5) is 22.8. The SMILES string of the molecule is Cc1ccccc1[C@@H]1[C@H]2CN(Cc3nccn3C)C[C@H]2CN1C(=O)C1CCCC1. The zero-order chi connectivity index (χ0) is 20.0. The van der Waals surface area contributed by atoms with Gasteiger partial charge in [0.2, 0.25) is 5.91 Å². The Bertz CT molecular complexity index is 885. The molecule has 2 saturated heterocycles. The number of amides is 1. The van der Waals surface area contributed by atoms with Crippen molar-refractivity contribution in [2.75, 3.05) is 19.6 Å². The van der Waals surface area contributed by atoms with Crippen LogP contribution in [0.4, 0.5) is 0 Å². The van der Waals surface area contributed by atoms with Crippen molar-refractivity contribution in [2.45, 2.75) is 45.2 Å². The van der Waals surface area contributed by atoms with Crippen molar-refractivity contribution < 1.29 is 4.79 Å². The highest BCUT2D eigenvalue weighted by atomic mass is 16.2. The van der Waals surface area contributed by atoms with E-state index in [9.17, 15) is 4.79 Å². The second kappa shape index (κ2) is 7.60. The normalized spacial score (nSPS) is 27.7. The molecule has 1 aromatic carbocycles. The fourth-order valence-corrected chi connectivity index (χ4v) is 5.97. The van der Waals surface area contributed by atoms with Gasteiger partial charge in [-0.15, -0.1) is 0 Å². The third kappa shape index (κ3) is 3.39. The Kier molecular flexibility index (Phi) is 4.94. The molecule has 5 nitrogen and oxygen atoms in total. The van der Waals surface area contributed by atoms with Gasteiger partial charge in [0.1, 0.15) is 5.82 Å². The zero-order valence-electron chi connectivity index (χ0n) is 17.6. The molecule has 2 aliphatic heterocycles. The van der Waals surface area contributed by atoms with Gasteiger partial charge >= 0.3 is 0 Å². The predicted octanol–water partition coefficient (Wildman–Crippen LogP) is 3.55. The molecule has 0 unspecified atom stereocenters. The third-order valence-corrected chi connectivity index (χ3v) is 7.52. The van der Waals surface area contributed by atoms with E-state index in [4.69, 9.17) is 0 Å². The molecule has 154 valence electrons. The molecule has 3 heterocycles. The van der Waals surface area contributed by atoms with Gasteiger partial charge in [-0.1, -0.05) is 37.1 Å². The highest BCUT2D eigenvalue weighted by Gasteiger charge is 2.50. The summed E-state index contributed by atoms with van der Waals surface area (Å²) in [5, 5.41) is 0. The van der Waals surface area contributed by atoms with Crippen molar-refractivity contribution in [1.82, 2.24) is 19.4 Å². The molecule has 0 N–H and O–H groups in total. The second-order valence-corrected chi connectivity index (χ2v) is 9.35. The highest BCUT2D eigenvalue weighted by molar-refractivity contribution is 5.80. The molecule has 1 aromatic heterocycles. The van der Waals surface area contributed by atoms with Gasteiger partial charge in [-0.25, -0.2) is 4.98 Å². The maximum Gasteiger partial charge on any atom is 0.226 e. The first-order valence-electron chi connectivity index (χ1n) is 11.2. The van der Waals surface area contributed by atoms with Gasteiger partial charge < -0.3 is 9.47 Å². The number of carbonyl (C=O) groups is 1. The van der Waals surface area contributed by atoms with Crippen LogP contribution < -0.4 is 0 Å². The number of fused-ring (bicyclic) bond motifs is 1. The molecule has 0 radical (unpaired) electrons. The Morgan fingerprint density at radius 1 is 1.14 bits per heavy atom. The summed E-state index contributed by atoms with van der Waals surface area (Å²) in [5.74, 6) is 2.87. The first-order valence-corrected chi connectivity index (χ1v) is 11.2. The summed E-state index contributed by atoms with van der Waals surface area (Å²) < 4.78 is 2.11. The average molecular weight is 393 g/mol. The largest absolute Gasteiger partial charge is 0.337 e. The number of aromatic nitrogens is 2. The van der Waals surface area contributed by atoms with Crippen LogP contribution in [0.5, 0.6) is 0 Å². The van der Waals surface area contributed by atoms with Gasteiger partial charge in [0, 0.05) is 50.9 Å². The molecule has 0 bridgehead atoms. The van der Waals surface area contributed by atoms with Crippen LogP contribution in [0.1, 0.15) is 48.7 Å². The summed E-state index contributed by atoms with van der Waals surface area (Å²) in [5.41, 5.74) is 2.66. The molecular weight excluding hydrogens is 360 g/mol. The van der Waals surface area contributed by atoms with Crippen molar-refractivity contribution in [1.29, 1.82) is 0 Å². The van der Waals surface area contributed by atoms with Crippen LogP contribution in [-0.4, -0.2) is 44.9 Å². The van der Waals surface area contributed by atoms with E-state index in [1.165, 1.54) is 24.0 Å². The van der Waals surface area contributed by atoms with E-state index in [1.54, 1.807) is 0 Å². The molecule has 3 atom stereocenters. The molecule has 0 spiro atoms. The fourth-order valence-electron chi connectivity index (χ4n) is 5.97. The number of hydrogen-bond donors (Lipinski definition) is 0. The van der Waals surface area contributed by atoms with Crippen molar-refractivity contribution in [2.24, 2.45) is 24.8 Å². The lowest BCUT2D eigenvalue weighted by molar-refractivity contribution is -0.137. The van der Waals surface area contributed by atoms with Crippen molar-refractivity contribution in [3.63, 3.8) is 0 Å². The van der Waals surface area contributed by atoms with Gasteiger partial charge in [-0.2, -0.15) is 0 Å². The van der Waals surface area contributed by atoms with Crippen LogP contribution in [0.25, 0.3) is 0 Å². The summed E-state index contributed by atoms with van der Waals surface area (Å²) in [6.07, 6.45) is 8.48. The molecule has 5 heteroatoms. The summed E-state index contributed by atoms with van der Waals surface area (Å²) >= 11 is 0. The lowest BCUT2D eigenvalue weighted by Gasteiger charge is -2.32. The van der Waals surface area contributed by atoms with Crippen LogP contribution >= 0.6 is 0 Å². The van der Waals surface area contributed by atoms with Crippen LogP contribution in [0.15, 0.2) is 36.7 Å². The zero-order valence-corrected chi connectivity index (χ0v) is 17.6. The van der Waals surface area contributed by atoms with Crippen LogP contribution in [0.3, 0.4) is 0 Å². The highest BCUT2D eigenvalue weighted by Crippen LogP contribution is 2.47. The molecule has 29 heavy (non-hydrogen) atoms. The summed E-state index contributed by atoms with van der Waals surface area (Å²) in [6.45, 7) is 6.12. The molecule has 5 rings (SSSR count). The number of hydrogen-bond acceptors (Lipinski definition) is 3. The first-order chi connectivity index (χ1) is 14.1. The Morgan fingerprint density at radius 2 is 1.93 bits per heavy atom. The Balaban J connectivity index is 1.41. The Hall–Kier alpha value is -2.14. The summed E-state index contributed by atoms with van der Waals surface area (Å²) in [6, 6.07) is 8.91. The lowest BCUT2D eigenvalue weighted by Crippen LogP contribution is -2.38. The maximum absolute atomic E-state index is 13.5. The average Bonchev–Trinajstić information content (AvgIpc) is 3.48. The third-order valence-electron chi connectivity index (χ3n) is 7.52. The standard InChI is InChI=1S/C24H32N4O/c1-17-7-3-6-10-20(17)23-21-15-27(16-22-25-11-12-26(22)2)13-19(21)14-28(23)24(29)18-8-4-5-9-18/h3,6-7,10-12,18-19,21,23H,4-5,8-9,13-16H2,1-2H3/t19-,21-,23+/m0/s1. The molecule has 3 aliphatic rings. The quantitative estimate of drug-likeness (QED) is 0.799. The number of carbonyl (C=O) groups excluding carboxylic acids is 1. The molecular formula is C24H32N4O. The molecule has 1 saturated carbocycles. The number of likely N-dealkylation sites (tertiary alicyclic amines) is 2. The molecule has 3 fully saturated rings. The fraction of sp³-hybridized carbons (Fsp3) is 0.583. The number of benzene rings is 1. The minimum absolute atomic E-state index is 0.223. The van der Waals surface area contributed by atoms with E-state index in [0.717, 1.165) is 44.8 Å². The lowest BCUT2D eigenvalue weighted by atomic mass is 9.87. The second-order valence-electron chi connectivity index (χ2n) is 9.35. The molecule has 2 aromatic rings. The van der Waals surface area contributed by atoms with Gasteiger partial charge in [-0.05, 0) is 36.8 Å². The van der Waals surface area contributed by atoms with E-state index < -0.39 is 0 Å². The molecule has 1 amide bonds. The number of imidazole rings is 1. The first kappa shape index (κ1) is 18.9. The number of rotatable bonds is 4. The van der Waals surface area contributed by atoms with E-state index >= 15 is 0 Å². The minimum Gasteiger partial charge on any atom is -0.337 e. The minimum atomic E-state index is 0.223. The van der Waals surface area contributed by atoms with Gasteiger partial charge in [0.05, 0.1) is 12.6 Å². The van der Waals surface area contributed by atoms with Crippen molar-refractivity contribution in [3.8, 4) is 0 Å². The Labute approximate surface area is 173 Å². The van der Waals surface area contributed by atoms with Crippen LogP contribution in [0, 0.1) is 24.7 Å². The van der Waals surface area contributed by atoms with E-state index in [1.807, 2.05) is 12.4 Å². The van der Waals surface area contributed by atoms with Crippen LogP contribution in [-0.2, 0) is 18.4 Å². The van der Waals surface area contributed by atoms with Gasteiger partial charge in [-0.3, -0.25) is 9.69 Å². The smallest absolute Gasteiger partial charge is 0.226 e. The van der Waals surface area contributed by atoms with Gasteiger partial charge in [0.15, 0.2) is 0 Å². The van der Waals surface area contributed by atoms with E-state index in [0.29, 0.717) is 17.7 Å². The number of aryl methyl sites for hydroxylation is 2. The van der Waals surface area contributed by atoms with Crippen molar-refractivity contribution >= 4 is 5.91 Å². The monoisotopic (exact) mass is 392 g/mol. The van der Waals surface area contributed by atoms with Gasteiger partial charge in [0.25, 0.3) is 0 Å². The Morgan fingerprint density at radius 3 is 2.66 bits per heavy atom. The predicted molar refractivity (Wildman–Crippen MR) is 113 cm³/mol. The van der Waals surface area contributed by atoms with Crippen molar-refractivity contribution in [3.05, 3.63) is 53.6 Å². The summed E-state index contributed by atoms with van der Waals surface area (Å²) in [7, 11) is 2.07. The topological polar surface area (TPSA) is 41.4 Å². The molecule has 1 aliphatic carbocycles.